The fourth-order valence-electron chi connectivity index (χ4n) is 2.30. The van der Waals surface area contributed by atoms with Crippen LogP contribution < -0.4 is 10.5 Å². The molecular formula is C19H9Cl7N2O4. The van der Waals surface area contributed by atoms with Gasteiger partial charge in [0.1, 0.15) is 22.4 Å². The summed E-state index contributed by atoms with van der Waals surface area (Å²) in [5, 5.41) is 4.14. The Labute approximate surface area is 216 Å². The summed E-state index contributed by atoms with van der Waals surface area (Å²) >= 11 is 42.0. The summed E-state index contributed by atoms with van der Waals surface area (Å²) in [6, 6.07) is 7.39. The molecule has 0 saturated carbocycles. The van der Waals surface area contributed by atoms with E-state index in [0.717, 1.165) is 0 Å². The maximum absolute atomic E-state index is 12.2. The van der Waals surface area contributed by atoms with E-state index in [-0.39, 0.29) is 59.8 Å². The molecule has 1 aromatic heterocycles. The Balaban J connectivity index is 1.68. The van der Waals surface area contributed by atoms with Crippen molar-refractivity contribution in [3.63, 3.8) is 0 Å². The van der Waals surface area contributed by atoms with Crippen LogP contribution in [0.4, 0.5) is 0 Å². The number of hydrogen-bond donors (Lipinski definition) is 1. The lowest BCUT2D eigenvalue weighted by atomic mass is 10.2. The molecule has 168 valence electrons. The molecule has 0 bridgehead atoms. The van der Waals surface area contributed by atoms with Gasteiger partial charge in [0.25, 0.3) is 0 Å². The van der Waals surface area contributed by atoms with Crippen LogP contribution in [-0.2, 0) is 11.4 Å². The molecule has 0 radical (unpaired) electrons. The van der Waals surface area contributed by atoms with Gasteiger partial charge in [-0.25, -0.2) is 4.79 Å². The number of rotatable bonds is 6. The average molecular weight is 577 g/mol. The Hall–Kier alpha value is -1.51. The lowest BCUT2D eigenvalue weighted by molar-refractivity contribution is 0.0475. The standard InChI is InChI=1S/C19H9Cl7N2O4/c20-7-1-3-9(10(21)5-7)18(27)28-32-19(29)11-4-2-8(31-11)6-30-17-15(25)13(23)12(22)14(24)16(17)26/h1-5H,6H2,(H2,27,28). The zero-order chi connectivity index (χ0) is 23.6. The Morgan fingerprint density at radius 1 is 0.906 bits per heavy atom. The summed E-state index contributed by atoms with van der Waals surface area (Å²) in [5.74, 6) is -0.949. The molecule has 0 spiro atoms. The number of benzene rings is 2. The number of amidine groups is 1. The molecule has 1 heterocycles. The van der Waals surface area contributed by atoms with Gasteiger partial charge >= 0.3 is 5.97 Å². The quantitative estimate of drug-likeness (QED) is 0.0804. The molecule has 0 fully saturated rings. The van der Waals surface area contributed by atoms with E-state index in [2.05, 4.69) is 5.16 Å². The van der Waals surface area contributed by atoms with Crippen molar-refractivity contribution in [1.82, 2.24) is 0 Å². The molecule has 0 aliphatic carbocycles. The molecular weight excluding hydrogens is 568 g/mol. The summed E-state index contributed by atoms with van der Waals surface area (Å²) in [7, 11) is 0. The number of carbonyl (C=O) groups is 1. The van der Waals surface area contributed by atoms with Crippen molar-refractivity contribution in [2.75, 3.05) is 0 Å². The van der Waals surface area contributed by atoms with Crippen LogP contribution in [0.15, 0.2) is 39.9 Å². The molecule has 0 amide bonds. The first-order valence-electron chi connectivity index (χ1n) is 8.33. The fraction of sp³-hybridized carbons (Fsp3) is 0.0526. The van der Waals surface area contributed by atoms with Crippen LogP contribution in [0.2, 0.25) is 35.2 Å². The fourth-order valence-corrected chi connectivity index (χ4v) is 4.04. The monoisotopic (exact) mass is 574 g/mol. The van der Waals surface area contributed by atoms with E-state index in [1.54, 1.807) is 6.07 Å². The maximum Gasteiger partial charge on any atom is 0.400 e. The molecule has 2 aromatic carbocycles. The van der Waals surface area contributed by atoms with E-state index in [4.69, 9.17) is 101 Å². The van der Waals surface area contributed by atoms with Crippen molar-refractivity contribution >= 4 is 93.0 Å². The number of nitrogens with zero attached hydrogens (tertiary/aromatic N) is 1. The van der Waals surface area contributed by atoms with Crippen LogP contribution in [-0.4, -0.2) is 11.8 Å². The van der Waals surface area contributed by atoms with Gasteiger partial charge in [0.2, 0.25) is 5.76 Å². The normalized spacial score (nSPS) is 11.5. The van der Waals surface area contributed by atoms with Crippen molar-refractivity contribution in [1.29, 1.82) is 0 Å². The third-order valence-electron chi connectivity index (χ3n) is 3.83. The van der Waals surface area contributed by atoms with Crippen molar-refractivity contribution in [3.8, 4) is 5.75 Å². The number of nitrogens with two attached hydrogens (primary N) is 1. The lowest BCUT2D eigenvalue weighted by Crippen LogP contribution is -2.15. The molecule has 2 N–H and O–H groups in total. The molecule has 0 aliphatic rings. The predicted octanol–water partition coefficient (Wildman–Crippen LogP) is 7.91. The van der Waals surface area contributed by atoms with Gasteiger partial charge in [-0.15, -0.1) is 0 Å². The lowest BCUT2D eigenvalue weighted by Gasteiger charge is -2.12. The highest BCUT2D eigenvalue weighted by molar-refractivity contribution is 6.55. The van der Waals surface area contributed by atoms with Crippen LogP contribution in [0.25, 0.3) is 0 Å². The molecule has 6 nitrogen and oxygen atoms in total. The van der Waals surface area contributed by atoms with Crippen molar-refractivity contribution in [2.24, 2.45) is 10.9 Å². The van der Waals surface area contributed by atoms with Gasteiger partial charge in [0.05, 0.1) is 20.1 Å². The van der Waals surface area contributed by atoms with Crippen LogP contribution >= 0.6 is 81.2 Å². The molecule has 3 aromatic rings. The first-order chi connectivity index (χ1) is 15.1. The summed E-state index contributed by atoms with van der Waals surface area (Å²) in [6.45, 7) is -0.160. The Morgan fingerprint density at radius 2 is 1.53 bits per heavy atom. The first-order valence-corrected chi connectivity index (χ1v) is 11.0. The van der Waals surface area contributed by atoms with Crippen molar-refractivity contribution in [2.45, 2.75) is 6.61 Å². The topological polar surface area (TPSA) is 87.1 Å². The minimum atomic E-state index is -0.905. The molecule has 3 rings (SSSR count). The SMILES string of the molecule is N/C(=N\OC(=O)c1ccc(COc2c(Cl)c(Cl)c(Cl)c(Cl)c2Cl)o1)c1ccc(Cl)cc1Cl. The summed E-state index contributed by atoms with van der Waals surface area (Å²) < 4.78 is 10.9. The summed E-state index contributed by atoms with van der Waals surface area (Å²) in [6.07, 6.45) is 0. The number of furan rings is 1. The minimum absolute atomic E-state index is 0.00145. The van der Waals surface area contributed by atoms with E-state index in [0.29, 0.717) is 10.6 Å². The van der Waals surface area contributed by atoms with Gasteiger partial charge in [-0.05, 0) is 30.3 Å². The number of halogens is 7. The minimum Gasteiger partial charge on any atom is -0.482 e. The van der Waals surface area contributed by atoms with Crippen molar-refractivity contribution < 1.29 is 18.8 Å². The van der Waals surface area contributed by atoms with Gasteiger partial charge < -0.3 is 19.7 Å². The number of oxime groups is 1. The van der Waals surface area contributed by atoms with E-state index >= 15 is 0 Å². The molecule has 0 unspecified atom stereocenters. The summed E-state index contributed by atoms with van der Waals surface area (Å²) in [4.78, 5) is 17.0. The highest BCUT2D eigenvalue weighted by Gasteiger charge is 2.21. The molecule has 0 saturated heterocycles. The zero-order valence-corrected chi connectivity index (χ0v) is 20.7. The van der Waals surface area contributed by atoms with Gasteiger partial charge in [0, 0.05) is 10.6 Å². The van der Waals surface area contributed by atoms with Gasteiger partial charge in [0.15, 0.2) is 11.6 Å². The van der Waals surface area contributed by atoms with E-state index in [1.807, 2.05) is 0 Å². The largest absolute Gasteiger partial charge is 0.482 e. The van der Waals surface area contributed by atoms with Crippen LogP contribution in [0, 0.1) is 0 Å². The Morgan fingerprint density at radius 3 is 2.16 bits per heavy atom. The van der Waals surface area contributed by atoms with Crippen molar-refractivity contribution in [3.05, 3.63) is 82.6 Å². The van der Waals surface area contributed by atoms with Gasteiger partial charge in [-0.3, -0.25) is 0 Å². The first kappa shape index (κ1) is 25.1. The second-order valence-corrected chi connectivity index (χ2v) is 8.67. The maximum atomic E-state index is 12.2. The zero-order valence-electron chi connectivity index (χ0n) is 15.4. The van der Waals surface area contributed by atoms with Crippen LogP contribution in [0.1, 0.15) is 21.9 Å². The third-order valence-corrected chi connectivity index (χ3v) is 6.61. The van der Waals surface area contributed by atoms with E-state index in [9.17, 15) is 4.79 Å². The molecule has 0 aliphatic heterocycles. The third kappa shape index (κ3) is 5.51. The smallest absolute Gasteiger partial charge is 0.400 e. The van der Waals surface area contributed by atoms with Crippen LogP contribution in [0.3, 0.4) is 0 Å². The van der Waals surface area contributed by atoms with Crippen LogP contribution in [0.5, 0.6) is 5.75 Å². The van der Waals surface area contributed by atoms with Gasteiger partial charge in [-0.2, -0.15) is 0 Å². The Kier molecular flexibility index (Phi) is 8.33. The van der Waals surface area contributed by atoms with E-state index < -0.39 is 5.97 Å². The second kappa shape index (κ2) is 10.6. The highest BCUT2D eigenvalue weighted by Crippen LogP contribution is 2.48. The number of carbonyl (C=O) groups excluding carboxylic acids is 1. The second-order valence-electron chi connectivity index (χ2n) is 5.93. The molecule has 32 heavy (non-hydrogen) atoms. The molecule has 0 atom stereocenters. The van der Waals surface area contributed by atoms with Gasteiger partial charge in [-0.1, -0.05) is 86.4 Å². The summed E-state index contributed by atoms with van der Waals surface area (Å²) in [5.41, 5.74) is 6.13. The average Bonchev–Trinajstić information content (AvgIpc) is 3.23. The number of hydrogen-bond acceptors (Lipinski definition) is 5. The number of ether oxygens (including phenoxy) is 1. The van der Waals surface area contributed by atoms with E-state index in [1.165, 1.54) is 24.3 Å². The highest BCUT2D eigenvalue weighted by atomic mass is 35.5. The molecule has 13 heteroatoms. The predicted molar refractivity (Wildman–Crippen MR) is 127 cm³/mol. The Bertz CT molecular complexity index is 1200.